The SMILES string of the molecule is COc1cc(C=C2SC(=O)N(Cc3ccccc3[N+](=O)[O-])C2=O)ccc1OCc1ccc(F)cc1. The van der Waals surface area contributed by atoms with Gasteiger partial charge in [-0.3, -0.25) is 24.6 Å². The molecule has 178 valence electrons. The summed E-state index contributed by atoms with van der Waals surface area (Å²) in [5.74, 6) is 0.00862. The van der Waals surface area contributed by atoms with E-state index in [1.54, 1.807) is 42.5 Å². The maximum Gasteiger partial charge on any atom is 0.293 e. The molecule has 3 aromatic rings. The predicted octanol–water partition coefficient (Wildman–Crippen LogP) is 5.56. The zero-order chi connectivity index (χ0) is 24.9. The summed E-state index contributed by atoms with van der Waals surface area (Å²) in [5.41, 5.74) is 1.50. The van der Waals surface area contributed by atoms with Crippen molar-refractivity contribution in [2.24, 2.45) is 0 Å². The van der Waals surface area contributed by atoms with Crippen molar-refractivity contribution in [2.45, 2.75) is 13.2 Å². The molecule has 1 aliphatic rings. The van der Waals surface area contributed by atoms with Gasteiger partial charge < -0.3 is 9.47 Å². The second kappa shape index (κ2) is 10.4. The number of imide groups is 1. The molecule has 0 atom stereocenters. The fraction of sp³-hybridized carbons (Fsp3) is 0.120. The van der Waals surface area contributed by atoms with E-state index in [1.165, 1.54) is 37.4 Å². The Balaban J connectivity index is 1.50. The lowest BCUT2D eigenvalue weighted by Gasteiger charge is -2.12. The monoisotopic (exact) mass is 494 g/mol. The molecule has 1 aliphatic heterocycles. The van der Waals surface area contributed by atoms with Gasteiger partial charge in [0.1, 0.15) is 12.4 Å². The van der Waals surface area contributed by atoms with Crippen LogP contribution >= 0.6 is 11.8 Å². The van der Waals surface area contributed by atoms with Crippen molar-refractivity contribution in [2.75, 3.05) is 7.11 Å². The Hall–Kier alpha value is -4.18. The molecule has 0 N–H and O–H groups in total. The Morgan fingerprint density at radius 2 is 1.80 bits per heavy atom. The molecule has 4 rings (SSSR count). The Morgan fingerprint density at radius 1 is 1.06 bits per heavy atom. The maximum absolute atomic E-state index is 13.1. The van der Waals surface area contributed by atoms with Gasteiger partial charge in [0.15, 0.2) is 11.5 Å². The number of methoxy groups -OCH3 is 1. The summed E-state index contributed by atoms with van der Waals surface area (Å²) in [5, 5.41) is 10.7. The van der Waals surface area contributed by atoms with Crippen molar-refractivity contribution in [3.63, 3.8) is 0 Å². The predicted molar refractivity (Wildman–Crippen MR) is 128 cm³/mol. The van der Waals surface area contributed by atoms with Gasteiger partial charge >= 0.3 is 0 Å². The van der Waals surface area contributed by atoms with Gasteiger partial charge in [-0.1, -0.05) is 36.4 Å². The summed E-state index contributed by atoms with van der Waals surface area (Å²) in [4.78, 5) is 37.2. The molecule has 0 aromatic heterocycles. The van der Waals surface area contributed by atoms with Gasteiger partial charge in [-0.25, -0.2) is 4.39 Å². The van der Waals surface area contributed by atoms with Crippen molar-refractivity contribution in [1.29, 1.82) is 0 Å². The highest BCUT2D eigenvalue weighted by Crippen LogP contribution is 2.36. The second-order valence-corrected chi connectivity index (χ2v) is 8.47. The number of ether oxygens (including phenoxy) is 2. The number of rotatable bonds is 8. The molecule has 2 amide bonds. The number of nitrogens with zero attached hydrogens (tertiary/aromatic N) is 2. The van der Waals surface area contributed by atoms with E-state index in [4.69, 9.17) is 9.47 Å². The van der Waals surface area contributed by atoms with Crippen molar-refractivity contribution in [1.82, 2.24) is 4.90 Å². The molecule has 35 heavy (non-hydrogen) atoms. The number of para-hydroxylation sites is 1. The van der Waals surface area contributed by atoms with E-state index < -0.39 is 16.1 Å². The minimum atomic E-state index is -0.545. The van der Waals surface area contributed by atoms with Crippen LogP contribution in [0.3, 0.4) is 0 Å². The van der Waals surface area contributed by atoms with Crippen LogP contribution in [0.2, 0.25) is 0 Å². The number of hydrogen-bond donors (Lipinski definition) is 0. The Kier molecular flexibility index (Phi) is 7.11. The highest BCUT2D eigenvalue weighted by Gasteiger charge is 2.36. The summed E-state index contributed by atoms with van der Waals surface area (Å²) in [6.07, 6.45) is 1.55. The third-order valence-corrected chi connectivity index (χ3v) is 6.09. The molecule has 1 fully saturated rings. The first kappa shape index (κ1) is 24.0. The fourth-order valence-electron chi connectivity index (χ4n) is 3.42. The Morgan fingerprint density at radius 3 is 2.51 bits per heavy atom. The van der Waals surface area contributed by atoms with E-state index in [-0.39, 0.29) is 35.1 Å². The summed E-state index contributed by atoms with van der Waals surface area (Å²) < 4.78 is 24.2. The minimum Gasteiger partial charge on any atom is -0.493 e. The van der Waals surface area contributed by atoms with Gasteiger partial charge in [0, 0.05) is 11.6 Å². The molecular weight excluding hydrogens is 475 g/mol. The molecule has 0 aliphatic carbocycles. The third kappa shape index (κ3) is 5.49. The van der Waals surface area contributed by atoms with Crippen LogP contribution in [0.15, 0.2) is 71.6 Å². The van der Waals surface area contributed by atoms with Gasteiger partial charge in [-0.15, -0.1) is 0 Å². The molecule has 8 nitrogen and oxygen atoms in total. The van der Waals surface area contributed by atoms with E-state index in [0.29, 0.717) is 17.1 Å². The number of nitro benzene ring substituents is 1. The number of thioether (sulfide) groups is 1. The van der Waals surface area contributed by atoms with Crippen molar-refractivity contribution < 1.29 is 28.4 Å². The molecule has 0 saturated carbocycles. The number of amides is 2. The number of carbonyl (C=O) groups is 2. The highest BCUT2D eigenvalue weighted by molar-refractivity contribution is 8.18. The van der Waals surface area contributed by atoms with E-state index in [1.807, 2.05) is 0 Å². The number of benzene rings is 3. The number of halogens is 1. The van der Waals surface area contributed by atoms with Crippen molar-refractivity contribution >= 4 is 34.7 Å². The Bertz CT molecular complexity index is 1330. The molecule has 1 saturated heterocycles. The first-order chi connectivity index (χ1) is 16.9. The van der Waals surface area contributed by atoms with E-state index in [0.717, 1.165) is 22.2 Å². The topological polar surface area (TPSA) is 99.0 Å². The lowest BCUT2D eigenvalue weighted by Crippen LogP contribution is -2.27. The van der Waals surface area contributed by atoms with Crippen molar-refractivity contribution in [3.05, 3.63) is 104 Å². The first-order valence-electron chi connectivity index (χ1n) is 10.4. The van der Waals surface area contributed by atoms with Gasteiger partial charge in [0.05, 0.1) is 23.5 Å². The second-order valence-electron chi connectivity index (χ2n) is 7.48. The number of hydrogen-bond acceptors (Lipinski definition) is 7. The van der Waals surface area contributed by atoms with E-state index >= 15 is 0 Å². The van der Waals surface area contributed by atoms with Gasteiger partial charge in [0.25, 0.3) is 16.8 Å². The van der Waals surface area contributed by atoms with Crippen LogP contribution in [0.4, 0.5) is 14.9 Å². The standard InChI is InChI=1S/C25H19FN2O6S/c1-33-22-12-17(8-11-21(22)34-15-16-6-9-19(26)10-7-16)13-23-24(29)27(25(30)35-23)14-18-4-2-3-5-20(18)28(31)32/h2-13H,14-15H2,1H3. The van der Waals surface area contributed by atoms with Gasteiger partial charge in [0.2, 0.25) is 0 Å². The molecule has 0 spiro atoms. The molecule has 0 bridgehead atoms. The lowest BCUT2D eigenvalue weighted by atomic mass is 10.1. The lowest BCUT2D eigenvalue weighted by molar-refractivity contribution is -0.385. The van der Waals surface area contributed by atoms with Crippen LogP contribution in [0.1, 0.15) is 16.7 Å². The Labute approximate surface area is 204 Å². The van der Waals surface area contributed by atoms with Crippen LogP contribution in [0.5, 0.6) is 11.5 Å². The van der Waals surface area contributed by atoms with Crippen LogP contribution in [0, 0.1) is 15.9 Å². The van der Waals surface area contributed by atoms with Crippen LogP contribution in [-0.4, -0.2) is 28.1 Å². The minimum absolute atomic E-state index is 0.156. The number of nitro groups is 1. The quantitative estimate of drug-likeness (QED) is 0.230. The summed E-state index contributed by atoms with van der Waals surface area (Å²) in [6.45, 7) is 0.0130. The van der Waals surface area contributed by atoms with Crippen LogP contribution < -0.4 is 9.47 Å². The van der Waals surface area contributed by atoms with Crippen LogP contribution in [0.25, 0.3) is 6.08 Å². The summed E-state index contributed by atoms with van der Waals surface area (Å²) in [7, 11) is 1.48. The molecule has 0 radical (unpaired) electrons. The molecule has 0 unspecified atom stereocenters. The van der Waals surface area contributed by atoms with Gasteiger partial charge in [-0.2, -0.15) is 0 Å². The van der Waals surface area contributed by atoms with E-state index in [2.05, 4.69) is 0 Å². The largest absolute Gasteiger partial charge is 0.493 e. The molecule has 10 heteroatoms. The van der Waals surface area contributed by atoms with Gasteiger partial charge in [-0.05, 0) is 53.2 Å². The molecular formula is C25H19FN2O6S. The third-order valence-electron chi connectivity index (χ3n) is 5.18. The van der Waals surface area contributed by atoms with E-state index in [9.17, 15) is 24.1 Å². The summed E-state index contributed by atoms with van der Waals surface area (Å²) >= 11 is 0.762. The van der Waals surface area contributed by atoms with Crippen molar-refractivity contribution in [3.8, 4) is 11.5 Å². The fourth-order valence-corrected chi connectivity index (χ4v) is 4.25. The molecule has 1 heterocycles. The average molecular weight is 495 g/mol. The highest BCUT2D eigenvalue weighted by atomic mass is 32.2. The number of carbonyl (C=O) groups excluding carboxylic acids is 2. The van der Waals surface area contributed by atoms with Crippen LogP contribution in [-0.2, 0) is 17.9 Å². The average Bonchev–Trinajstić information content (AvgIpc) is 3.11. The normalized spacial score (nSPS) is 14.5. The first-order valence-corrected chi connectivity index (χ1v) is 11.2. The maximum atomic E-state index is 13.1. The molecule has 3 aromatic carbocycles. The zero-order valence-corrected chi connectivity index (χ0v) is 19.3. The zero-order valence-electron chi connectivity index (χ0n) is 18.5. The smallest absolute Gasteiger partial charge is 0.293 e. The summed E-state index contributed by atoms with van der Waals surface area (Å²) in [6, 6.07) is 17.0.